The fraction of sp³-hybridized carbons (Fsp3) is 0.583. The third-order valence-corrected chi connectivity index (χ3v) is 2.55. The van der Waals surface area contributed by atoms with Crippen LogP contribution in [0.5, 0.6) is 0 Å². The molecule has 4 nitrogen and oxygen atoms in total. The van der Waals surface area contributed by atoms with Crippen molar-refractivity contribution in [3.63, 3.8) is 0 Å². The lowest BCUT2D eigenvalue weighted by Crippen LogP contribution is -2.10. The number of rotatable bonds is 5. The Morgan fingerprint density at radius 3 is 2.25 bits per heavy atom. The predicted octanol–water partition coefficient (Wildman–Crippen LogP) is 2.06. The maximum atomic E-state index is 10.7. The molecule has 0 saturated carbocycles. The molecule has 88 valence electrons. The van der Waals surface area contributed by atoms with Crippen LogP contribution in [-0.4, -0.2) is 21.0 Å². The highest BCUT2D eigenvalue weighted by atomic mass is 16.4. The Morgan fingerprint density at radius 1 is 1.25 bits per heavy atom. The Hall–Kier alpha value is -1.45. The van der Waals surface area contributed by atoms with E-state index in [4.69, 9.17) is 5.11 Å². The van der Waals surface area contributed by atoms with E-state index in [1.807, 2.05) is 13.8 Å². The number of carbonyl (C=O) groups is 1. The second-order valence-corrected chi connectivity index (χ2v) is 3.96. The van der Waals surface area contributed by atoms with Crippen LogP contribution < -0.4 is 0 Å². The van der Waals surface area contributed by atoms with Crippen molar-refractivity contribution < 1.29 is 9.90 Å². The van der Waals surface area contributed by atoms with Crippen molar-refractivity contribution >= 4 is 5.97 Å². The smallest absolute Gasteiger partial charge is 0.307 e. The molecule has 0 spiro atoms. The molecule has 0 bridgehead atoms. The van der Waals surface area contributed by atoms with Crippen molar-refractivity contribution in [2.45, 2.75) is 46.5 Å². The SMILES string of the molecule is CCCCc1nc(C)c(CC(=O)O)c(C)n1. The molecule has 0 unspecified atom stereocenters. The van der Waals surface area contributed by atoms with Gasteiger partial charge in [-0.05, 0) is 20.3 Å². The molecule has 1 heterocycles. The molecule has 1 N–H and O–H groups in total. The quantitative estimate of drug-likeness (QED) is 0.828. The molecule has 0 radical (unpaired) electrons. The highest BCUT2D eigenvalue weighted by Crippen LogP contribution is 2.12. The molecule has 0 aliphatic carbocycles. The van der Waals surface area contributed by atoms with E-state index in [0.29, 0.717) is 0 Å². The summed E-state index contributed by atoms with van der Waals surface area (Å²) in [6.07, 6.45) is 3.05. The van der Waals surface area contributed by atoms with Gasteiger partial charge >= 0.3 is 5.97 Å². The molecule has 1 aromatic heterocycles. The van der Waals surface area contributed by atoms with Crippen molar-refractivity contribution in [3.8, 4) is 0 Å². The van der Waals surface area contributed by atoms with E-state index in [0.717, 1.165) is 42.0 Å². The predicted molar refractivity (Wildman–Crippen MR) is 61.5 cm³/mol. The Kier molecular flexibility index (Phi) is 4.40. The third kappa shape index (κ3) is 3.29. The van der Waals surface area contributed by atoms with Crippen LogP contribution in [0.1, 0.15) is 42.5 Å². The van der Waals surface area contributed by atoms with Crippen LogP contribution >= 0.6 is 0 Å². The zero-order valence-electron chi connectivity index (χ0n) is 10.1. The summed E-state index contributed by atoms with van der Waals surface area (Å²) in [5.41, 5.74) is 2.33. The summed E-state index contributed by atoms with van der Waals surface area (Å²) in [7, 11) is 0. The molecular formula is C12H18N2O2. The molecule has 0 aromatic carbocycles. The molecular weight excluding hydrogens is 204 g/mol. The van der Waals surface area contributed by atoms with Crippen molar-refractivity contribution in [1.29, 1.82) is 0 Å². The zero-order valence-corrected chi connectivity index (χ0v) is 10.1. The van der Waals surface area contributed by atoms with Gasteiger partial charge in [-0.25, -0.2) is 9.97 Å². The number of aryl methyl sites for hydroxylation is 3. The molecule has 0 atom stereocenters. The molecule has 1 rings (SSSR count). The summed E-state index contributed by atoms with van der Waals surface area (Å²) in [5, 5.41) is 8.77. The average Bonchev–Trinajstić information content (AvgIpc) is 2.20. The first-order chi connectivity index (χ1) is 7.54. The van der Waals surface area contributed by atoms with Gasteiger partial charge in [0.25, 0.3) is 0 Å². The van der Waals surface area contributed by atoms with E-state index in [1.165, 1.54) is 0 Å². The first-order valence-electron chi connectivity index (χ1n) is 5.59. The number of aromatic nitrogens is 2. The second-order valence-electron chi connectivity index (χ2n) is 3.96. The summed E-state index contributed by atoms with van der Waals surface area (Å²) in [6.45, 7) is 5.82. The van der Waals surface area contributed by atoms with Gasteiger partial charge in [0.15, 0.2) is 0 Å². The second kappa shape index (κ2) is 5.58. The van der Waals surface area contributed by atoms with Gasteiger partial charge in [0, 0.05) is 23.4 Å². The highest BCUT2D eigenvalue weighted by molar-refractivity contribution is 5.70. The van der Waals surface area contributed by atoms with Crippen molar-refractivity contribution in [2.24, 2.45) is 0 Å². The summed E-state index contributed by atoms with van der Waals surface area (Å²) in [5.74, 6) is -0.0119. The topological polar surface area (TPSA) is 63.1 Å². The van der Waals surface area contributed by atoms with Crippen LogP contribution in [0.25, 0.3) is 0 Å². The van der Waals surface area contributed by atoms with Crippen LogP contribution in [0.4, 0.5) is 0 Å². The molecule has 0 fully saturated rings. The number of nitrogens with zero attached hydrogens (tertiary/aromatic N) is 2. The minimum absolute atomic E-state index is 0.00568. The highest BCUT2D eigenvalue weighted by Gasteiger charge is 2.11. The van der Waals surface area contributed by atoms with Crippen LogP contribution in [0.2, 0.25) is 0 Å². The van der Waals surface area contributed by atoms with Crippen LogP contribution in [0, 0.1) is 13.8 Å². The largest absolute Gasteiger partial charge is 0.481 e. The lowest BCUT2D eigenvalue weighted by Gasteiger charge is -2.08. The monoisotopic (exact) mass is 222 g/mol. The Labute approximate surface area is 95.7 Å². The minimum atomic E-state index is -0.837. The number of carboxylic acids is 1. The van der Waals surface area contributed by atoms with E-state index in [1.54, 1.807) is 0 Å². The third-order valence-electron chi connectivity index (χ3n) is 2.55. The first-order valence-corrected chi connectivity index (χ1v) is 5.59. The van der Waals surface area contributed by atoms with Crippen molar-refractivity contribution in [2.75, 3.05) is 0 Å². The Bertz CT molecular complexity index is 366. The van der Waals surface area contributed by atoms with Gasteiger partial charge in [-0.3, -0.25) is 4.79 Å². The fourth-order valence-electron chi connectivity index (χ4n) is 1.66. The minimum Gasteiger partial charge on any atom is -0.481 e. The number of carboxylic acid groups (broad SMARTS) is 1. The van der Waals surface area contributed by atoms with Gasteiger partial charge in [0.1, 0.15) is 5.82 Å². The average molecular weight is 222 g/mol. The van der Waals surface area contributed by atoms with E-state index in [2.05, 4.69) is 16.9 Å². The summed E-state index contributed by atoms with van der Waals surface area (Å²) in [4.78, 5) is 19.4. The summed E-state index contributed by atoms with van der Waals surface area (Å²) < 4.78 is 0. The molecule has 4 heteroatoms. The van der Waals surface area contributed by atoms with Gasteiger partial charge in [-0.15, -0.1) is 0 Å². The van der Waals surface area contributed by atoms with Crippen molar-refractivity contribution in [3.05, 3.63) is 22.8 Å². The molecule has 16 heavy (non-hydrogen) atoms. The van der Waals surface area contributed by atoms with E-state index >= 15 is 0 Å². The Balaban J connectivity index is 2.93. The molecule has 0 amide bonds. The number of hydrogen-bond acceptors (Lipinski definition) is 3. The normalized spacial score (nSPS) is 10.4. The fourth-order valence-corrected chi connectivity index (χ4v) is 1.66. The lowest BCUT2D eigenvalue weighted by atomic mass is 10.1. The van der Waals surface area contributed by atoms with E-state index in [9.17, 15) is 4.79 Å². The Morgan fingerprint density at radius 2 is 1.81 bits per heavy atom. The number of unbranched alkanes of at least 4 members (excludes halogenated alkanes) is 1. The van der Waals surface area contributed by atoms with Crippen LogP contribution in [0.3, 0.4) is 0 Å². The first kappa shape index (κ1) is 12.6. The van der Waals surface area contributed by atoms with Gasteiger partial charge in [-0.2, -0.15) is 0 Å². The van der Waals surface area contributed by atoms with Gasteiger partial charge in [0.2, 0.25) is 0 Å². The molecule has 0 saturated heterocycles. The van der Waals surface area contributed by atoms with Gasteiger partial charge < -0.3 is 5.11 Å². The van der Waals surface area contributed by atoms with Gasteiger partial charge in [-0.1, -0.05) is 13.3 Å². The zero-order chi connectivity index (χ0) is 12.1. The van der Waals surface area contributed by atoms with E-state index < -0.39 is 5.97 Å². The summed E-state index contributed by atoms with van der Waals surface area (Å²) in [6, 6.07) is 0. The standard InChI is InChI=1S/C12H18N2O2/c1-4-5-6-11-13-8(2)10(7-12(15)16)9(3)14-11/h4-7H2,1-3H3,(H,15,16). The van der Waals surface area contributed by atoms with E-state index in [-0.39, 0.29) is 6.42 Å². The van der Waals surface area contributed by atoms with Gasteiger partial charge in [0.05, 0.1) is 6.42 Å². The maximum absolute atomic E-state index is 10.7. The number of hydrogen-bond donors (Lipinski definition) is 1. The number of aliphatic carboxylic acids is 1. The maximum Gasteiger partial charge on any atom is 0.307 e. The molecule has 1 aromatic rings. The molecule has 0 aliphatic rings. The van der Waals surface area contributed by atoms with Crippen LogP contribution in [0.15, 0.2) is 0 Å². The molecule has 0 aliphatic heterocycles. The summed E-state index contributed by atoms with van der Waals surface area (Å²) >= 11 is 0. The van der Waals surface area contributed by atoms with Crippen LogP contribution in [-0.2, 0) is 17.6 Å². The van der Waals surface area contributed by atoms with Crippen molar-refractivity contribution in [1.82, 2.24) is 9.97 Å². The lowest BCUT2D eigenvalue weighted by molar-refractivity contribution is -0.136.